The van der Waals surface area contributed by atoms with Crippen molar-refractivity contribution in [3.05, 3.63) is 23.5 Å². The lowest BCUT2D eigenvalue weighted by molar-refractivity contribution is 0.174. The summed E-state index contributed by atoms with van der Waals surface area (Å²) in [5.74, 6) is 1.96. The molecule has 1 aromatic carbocycles. The van der Waals surface area contributed by atoms with E-state index in [-0.39, 0.29) is 6.79 Å². The Kier molecular flexibility index (Phi) is 1.46. The molecule has 3 rings (SSSR count). The quantitative estimate of drug-likeness (QED) is 0.656. The molecule has 2 aromatic rings. The van der Waals surface area contributed by atoms with E-state index in [1.165, 1.54) is 0 Å². The van der Waals surface area contributed by atoms with E-state index in [4.69, 9.17) is 19.2 Å². The molecule has 0 saturated carbocycles. The van der Waals surface area contributed by atoms with Crippen molar-refractivity contribution in [2.75, 3.05) is 6.79 Å². The Hall–Kier alpha value is -2.15. The van der Waals surface area contributed by atoms with Gasteiger partial charge in [0, 0.05) is 11.5 Å². The zero-order valence-electron chi connectivity index (χ0n) is 8.03. The Balaban J connectivity index is 2.39. The molecule has 0 radical (unpaired) electrons. The largest absolute Gasteiger partial charge is 0.460 e. The summed E-state index contributed by atoms with van der Waals surface area (Å²) < 4.78 is 15.9. The number of furan rings is 1. The second kappa shape index (κ2) is 2.67. The average molecular weight is 201 g/mol. The summed E-state index contributed by atoms with van der Waals surface area (Å²) in [5, 5.41) is 9.75. The van der Waals surface area contributed by atoms with E-state index in [1.807, 2.05) is 0 Å². The number of hydrogen-bond acceptors (Lipinski definition) is 4. The number of fused-ring (bicyclic) bond motifs is 2. The summed E-state index contributed by atoms with van der Waals surface area (Å²) >= 11 is 0. The molecule has 0 N–H and O–H groups in total. The molecule has 2 heterocycles. The average Bonchev–Trinajstić information content (AvgIpc) is 2.76. The zero-order valence-corrected chi connectivity index (χ0v) is 8.03. The van der Waals surface area contributed by atoms with Gasteiger partial charge in [0.25, 0.3) is 0 Å². The van der Waals surface area contributed by atoms with Gasteiger partial charge in [-0.05, 0) is 13.0 Å². The summed E-state index contributed by atoms with van der Waals surface area (Å²) in [6, 6.07) is 5.66. The zero-order chi connectivity index (χ0) is 10.4. The first-order chi connectivity index (χ1) is 7.29. The van der Waals surface area contributed by atoms with Crippen LogP contribution in [0.4, 0.5) is 0 Å². The van der Waals surface area contributed by atoms with E-state index in [9.17, 15) is 0 Å². The molecule has 0 aliphatic carbocycles. The van der Waals surface area contributed by atoms with Gasteiger partial charge in [-0.1, -0.05) is 0 Å². The highest BCUT2D eigenvalue weighted by Crippen LogP contribution is 2.38. The van der Waals surface area contributed by atoms with Crippen LogP contribution in [0.1, 0.15) is 11.3 Å². The third-order valence-electron chi connectivity index (χ3n) is 2.47. The first-order valence-electron chi connectivity index (χ1n) is 4.52. The number of benzene rings is 1. The summed E-state index contributed by atoms with van der Waals surface area (Å²) in [6.07, 6.45) is 0. The van der Waals surface area contributed by atoms with Gasteiger partial charge < -0.3 is 13.9 Å². The van der Waals surface area contributed by atoms with Crippen molar-refractivity contribution in [2.24, 2.45) is 0 Å². The summed E-state index contributed by atoms with van der Waals surface area (Å²) in [5.41, 5.74) is 1.22. The minimum Gasteiger partial charge on any atom is -0.460 e. The van der Waals surface area contributed by atoms with E-state index in [1.54, 1.807) is 19.1 Å². The number of ether oxygens (including phenoxy) is 2. The molecule has 0 atom stereocenters. The highest BCUT2D eigenvalue weighted by atomic mass is 16.7. The Morgan fingerprint density at radius 3 is 2.73 bits per heavy atom. The van der Waals surface area contributed by atoms with Crippen molar-refractivity contribution in [3.63, 3.8) is 0 Å². The van der Waals surface area contributed by atoms with Gasteiger partial charge in [0.2, 0.25) is 6.79 Å². The molecule has 4 heteroatoms. The molecule has 0 spiro atoms. The summed E-state index contributed by atoms with van der Waals surface area (Å²) in [6.45, 7) is 1.99. The summed E-state index contributed by atoms with van der Waals surface area (Å²) in [7, 11) is 0. The lowest BCUT2D eigenvalue weighted by Gasteiger charge is -1.94. The van der Waals surface area contributed by atoms with Crippen LogP contribution in [0.25, 0.3) is 11.0 Å². The first-order valence-corrected chi connectivity index (χ1v) is 4.52. The smallest absolute Gasteiger partial charge is 0.231 e. The first kappa shape index (κ1) is 8.18. The number of nitrogens with zero attached hydrogens (tertiary/aromatic N) is 1. The van der Waals surface area contributed by atoms with E-state index in [0.717, 1.165) is 5.39 Å². The van der Waals surface area contributed by atoms with E-state index < -0.39 is 0 Å². The fourth-order valence-corrected chi connectivity index (χ4v) is 1.75. The van der Waals surface area contributed by atoms with Gasteiger partial charge in [0.15, 0.2) is 11.5 Å². The van der Waals surface area contributed by atoms with Crippen LogP contribution in [-0.4, -0.2) is 6.79 Å². The monoisotopic (exact) mass is 201 g/mol. The van der Waals surface area contributed by atoms with Crippen LogP contribution in [0, 0.1) is 18.3 Å². The van der Waals surface area contributed by atoms with Crippen molar-refractivity contribution in [1.82, 2.24) is 0 Å². The predicted octanol–water partition coefficient (Wildman–Crippen LogP) is 2.34. The maximum absolute atomic E-state index is 8.97. The third kappa shape index (κ3) is 1.00. The molecule has 1 aliphatic heterocycles. The van der Waals surface area contributed by atoms with Crippen LogP contribution in [0.3, 0.4) is 0 Å². The van der Waals surface area contributed by atoms with Gasteiger partial charge in [-0.3, -0.25) is 0 Å². The van der Waals surface area contributed by atoms with Gasteiger partial charge in [-0.15, -0.1) is 0 Å². The minimum absolute atomic E-state index is 0.225. The molecule has 0 bridgehead atoms. The van der Waals surface area contributed by atoms with Crippen LogP contribution >= 0.6 is 0 Å². The third-order valence-corrected chi connectivity index (χ3v) is 2.47. The second-order valence-electron chi connectivity index (χ2n) is 3.35. The van der Waals surface area contributed by atoms with Gasteiger partial charge in [-0.2, -0.15) is 5.26 Å². The molecule has 0 fully saturated rings. The van der Waals surface area contributed by atoms with Crippen molar-refractivity contribution >= 4 is 11.0 Å². The van der Waals surface area contributed by atoms with Gasteiger partial charge >= 0.3 is 0 Å². The van der Waals surface area contributed by atoms with Crippen molar-refractivity contribution < 1.29 is 13.9 Å². The Bertz CT molecular complexity index is 592. The molecule has 0 amide bonds. The van der Waals surface area contributed by atoms with Crippen molar-refractivity contribution in [1.29, 1.82) is 5.26 Å². The number of rotatable bonds is 0. The van der Waals surface area contributed by atoms with E-state index in [0.29, 0.717) is 28.4 Å². The predicted molar refractivity (Wildman–Crippen MR) is 51.8 cm³/mol. The number of nitriles is 1. The van der Waals surface area contributed by atoms with Gasteiger partial charge in [0.05, 0.1) is 0 Å². The highest BCUT2D eigenvalue weighted by Gasteiger charge is 2.19. The molecule has 1 aliphatic rings. The fraction of sp³-hybridized carbons (Fsp3) is 0.182. The lowest BCUT2D eigenvalue weighted by atomic mass is 10.1. The Morgan fingerprint density at radius 2 is 2.00 bits per heavy atom. The van der Waals surface area contributed by atoms with E-state index >= 15 is 0 Å². The fourth-order valence-electron chi connectivity index (χ4n) is 1.75. The molecule has 15 heavy (non-hydrogen) atoms. The molecule has 0 unspecified atom stereocenters. The molecule has 4 nitrogen and oxygen atoms in total. The normalized spacial score (nSPS) is 13.1. The number of aryl methyl sites for hydroxylation is 1. The maximum Gasteiger partial charge on any atom is 0.231 e. The molecule has 0 saturated heterocycles. The number of hydrogen-bond donors (Lipinski definition) is 0. The standard InChI is InChI=1S/C11H7NO3/c1-6-8(4-12)7-2-10-11(14-5-13-10)3-9(7)15-6/h2-3H,5H2,1H3. The lowest BCUT2D eigenvalue weighted by Crippen LogP contribution is -1.92. The van der Waals surface area contributed by atoms with Crippen LogP contribution in [0.15, 0.2) is 16.5 Å². The molecular weight excluding hydrogens is 194 g/mol. The van der Waals surface area contributed by atoms with Gasteiger partial charge in [0.1, 0.15) is 23.0 Å². The van der Waals surface area contributed by atoms with Crippen LogP contribution < -0.4 is 9.47 Å². The topological polar surface area (TPSA) is 55.4 Å². The Morgan fingerprint density at radius 1 is 1.27 bits per heavy atom. The molecule has 1 aromatic heterocycles. The molecular formula is C11H7NO3. The summed E-state index contributed by atoms with van der Waals surface area (Å²) in [4.78, 5) is 0. The molecule has 74 valence electrons. The Labute approximate surface area is 85.6 Å². The van der Waals surface area contributed by atoms with Crippen molar-refractivity contribution in [3.8, 4) is 17.6 Å². The minimum atomic E-state index is 0.225. The highest BCUT2D eigenvalue weighted by molar-refractivity contribution is 5.88. The SMILES string of the molecule is Cc1oc2cc3c(cc2c1C#N)OCO3. The van der Waals surface area contributed by atoms with Crippen LogP contribution in [0.2, 0.25) is 0 Å². The maximum atomic E-state index is 8.97. The second-order valence-corrected chi connectivity index (χ2v) is 3.35. The van der Waals surface area contributed by atoms with Crippen LogP contribution in [0.5, 0.6) is 11.5 Å². The van der Waals surface area contributed by atoms with Crippen molar-refractivity contribution in [2.45, 2.75) is 6.92 Å². The van der Waals surface area contributed by atoms with E-state index in [2.05, 4.69) is 6.07 Å². The van der Waals surface area contributed by atoms with Crippen LogP contribution in [-0.2, 0) is 0 Å². The van der Waals surface area contributed by atoms with Gasteiger partial charge in [-0.25, -0.2) is 0 Å².